The molecule has 1 aliphatic rings. The summed E-state index contributed by atoms with van der Waals surface area (Å²) in [6.45, 7) is 8.49. The lowest BCUT2D eigenvalue weighted by atomic mass is 10.0. The van der Waals surface area contributed by atoms with E-state index >= 15 is 0 Å². The highest BCUT2D eigenvalue weighted by Crippen LogP contribution is 2.30. The number of piperidine rings is 1. The molecule has 1 unspecified atom stereocenters. The average Bonchev–Trinajstić information content (AvgIpc) is 3.27. The van der Waals surface area contributed by atoms with Gasteiger partial charge in [0.05, 0.1) is 22.6 Å². The van der Waals surface area contributed by atoms with Crippen molar-refractivity contribution in [3.63, 3.8) is 0 Å². The van der Waals surface area contributed by atoms with Crippen LogP contribution < -0.4 is 10.2 Å². The van der Waals surface area contributed by atoms with Crippen molar-refractivity contribution in [3.8, 4) is 0 Å². The number of nitrogens with one attached hydrogen (secondary N) is 1. The van der Waals surface area contributed by atoms with E-state index in [-0.39, 0.29) is 17.8 Å². The molecule has 4 aromatic rings. The topological polar surface area (TPSA) is 105 Å². The summed E-state index contributed by atoms with van der Waals surface area (Å²) in [6, 6.07) is 4.81. The van der Waals surface area contributed by atoms with E-state index in [1.54, 1.807) is 40.9 Å². The van der Waals surface area contributed by atoms with Crippen LogP contribution in [-0.4, -0.2) is 68.0 Å². The van der Waals surface area contributed by atoms with Gasteiger partial charge in [0.2, 0.25) is 0 Å². The van der Waals surface area contributed by atoms with Crippen LogP contribution in [0.5, 0.6) is 0 Å². The van der Waals surface area contributed by atoms with Crippen LogP contribution in [0, 0.1) is 12.7 Å². The lowest BCUT2D eigenvalue weighted by Gasteiger charge is -2.39. The Kier molecular flexibility index (Phi) is 6.83. The normalized spacial score (nSPS) is 15.9. The van der Waals surface area contributed by atoms with Crippen LogP contribution in [0.2, 0.25) is 0 Å². The number of pyridine rings is 1. The number of carbonyl (C=O) groups is 2. The molecule has 1 saturated heterocycles. The van der Waals surface area contributed by atoms with Crippen molar-refractivity contribution >= 4 is 40.1 Å². The third-order valence-electron chi connectivity index (χ3n) is 6.71. The fourth-order valence-corrected chi connectivity index (χ4v) is 4.92. The molecule has 0 saturated carbocycles. The van der Waals surface area contributed by atoms with Crippen molar-refractivity contribution in [2.24, 2.45) is 0 Å². The third kappa shape index (κ3) is 5.47. The Morgan fingerprint density at radius 3 is 2.64 bits per heavy atom. The average molecular weight is 534 g/mol. The number of benzene rings is 1. The Balaban J connectivity index is 1.40. The van der Waals surface area contributed by atoms with Gasteiger partial charge >= 0.3 is 6.09 Å². The summed E-state index contributed by atoms with van der Waals surface area (Å²) in [5, 5.41) is 2.77. The van der Waals surface area contributed by atoms with Gasteiger partial charge in [-0.25, -0.2) is 14.2 Å². The number of carbonyl (C=O) groups excluding carboxylic acids is 2. The predicted octanol–water partition coefficient (Wildman–Crippen LogP) is 4.81. The zero-order valence-electron chi connectivity index (χ0n) is 22.7. The van der Waals surface area contributed by atoms with Gasteiger partial charge in [-0.3, -0.25) is 14.8 Å². The summed E-state index contributed by atoms with van der Waals surface area (Å²) in [7, 11) is 1.96. The monoisotopic (exact) mass is 533 g/mol. The summed E-state index contributed by atoms with van der Waals surface area (Å²) >= 11 is 0. The maximum absolute atomic E-state index is 14.5. The molecule has 11 heteroatoms. The first-order chi connectivity index (χ1) is 18.5. The Bertz CT molecular complexity index is 1560. The van der Waals surface area contributed by atoms with E-state index < -0.39 is 17.3 Å². The second kappa shape index (κ2) is 10.1. The quantitative estimate of drug-likeness (QED) is 0.401. The molecule has 4 heterocycles. The van der Waals surface area contributed by atoms with E-state index in [9.17, 15) is 14.0 Å². The van der Waals surface area contributed by atoms with Crippen molar-refractivity contribution in [3.05, 3.63) is 60.1 Å². The molecule has 0 spiro atoms. The lowest BCUT2D eigenvalue weighted by Crippen LogP contribution is -2.50. The van der Waals surface area contributed by atoms with Gasteiger partial charge in [0.15, 0.2) is 11.5 Å². The van der Waals surface area contributed by atoms with E-state index in [0.29, 0.717) is 41.1 Å². The van der Waals surface area contributed by atoms with Crippen LogP contribution in [0.25, 0.3) is 16.7 Å². The zero-order valence-corrected chi connectivity index (χ0v) is 22.7. The number of likely N-dealkylation sites (tertiary alicyclic amines) is 1. The van der Waals surface area contributed by atoms with Crippen LogP contribution in [0.15, 0.2) is 43.0 Å². The number of aryl methyl sites for hydroxylation is 1. The van der Waals surface area contributed by atoms with Gasteiger partial charge in [-0.15, -0.1) is 0 Å². The van der Waals surface area contributed by atoms with Crippen molar-refractivity contribution < 1.29 is 18.7 Å². The second-order valence-electron chi connectivity index (χ2n) is 10.9. The number of aromatic nitrogens is 4. The van der Waals surface area contributed by atoms with Gasteiger partial charge in [-0.2, -0.15) is 0 Å². The summed E-state index contributed by atoms with van der Waals surface area (Å²) < 4.78 is 21.7. The number of amides is 2. The summed E-state index contributed by atoms with van der Waals surface area (Å²) in [5.74, 6) is -0.963. The molecule has 1 N–H and O–H groups in total. The first kappa shape index (κ1) is 26.3. The van der Waals surface area contributed by atoms with Crippen LogP contribution in [-0.2, 0) is 4.74 Å². The molecule has 5 rings (SSSR count). The molecule has 1 atom stereocenters. The van der Waals surface area contributed by atoms with Crippen molar-refractivity contribution in [2.75, 3.05) is 30.4 Å². The number of hydrogen-bond donors (Lipinski definition) is 1. The highest BCUT2D eigenvalue weighted by molar-refractivity contribution is 6.13. The van der Waals surface area contributed by atoms with Crippen molar-refractivity contribution in [1.82, 2.24) is 24.3 Å². The van der Waals surface area contributed by atoms with E-state index in [0.717, 1.165) is 18.5 Å². The summed E-state index contributed by atoms with van der Waals surface area (Å²) in [4.78, 5) is 43.0. The highest BCUT2D eigenvalue weighted by Gasteiger charge is 2.30. The molecular formula is C28H32FN7O3. The standard InChI is InChI=1S/C28H32FN7O3/c1-17-14-36-15-18(13-21(29)25(36)32-17)33-26(37)20-8-9-22(24-23(20)30-10-11-31-24)34(5)19-7-6-12-35(16-19)27(38)39-28(2,3)4/h8-11,13-15,19H,6-7,12,16H2,1-5H3,(H,33,37). The fraction of sp³-hybridized carbons (Fsp3) is 0.393. The van der Waals surface area contributed by atoms with Crippen LogP contribution >= 0.6 is 0 Å². The molecule has 204 valence electrons. The number of fused-ring (bicyclic) bond motifs is 2. The van der Waals surface area contributed by atoms with Gasteiger partial charge in [-0.05, 0) is 52.7 Å². The highest BCUT2D eigenvalue weighted by atomic mass is 19.1. The van der Waals surface area contributed by atoms with Gasteiger partial charge in [-0.1, -0.05) is 0 Å². The number of halogens is 1. The van der Waals surface area contributed by atoms with Crippen molar-refractivity contribution in [1.29, 1.82) is 0 Å². The van der Waals surface area contributed by atoms with E-state index in [4.69, 9.17) is 4.74 Å². The minimum absolute atomic E-state index is 0.0319. The van der Waals surface area contributed by atoms with Crippen LogP contribution in [0.3, 0.4) is 0 Å². The number of rotatable bonds is 4. The zero-order chi connectivity index (χ0) is 27.9. The number of imidazole rings is 1. The molecule has 2 amide bonds. The molecular weight excluding hydrogens is 501 g/mol. The van der Waals surface area contributed by atoms with Crippen molar-refractivity contribution in [2.45, 2.75) is 52.2 Å². The minimum atomic E-state index is -0.562. The van der Waals surface area contributed by atoms with Crippen LogP contribution in [0.4, 0.5) is 20.6 Å². The molecule has 0 radical (unpaired) electrons. The van der Waals surface area contributed by atoms with Gasteiger partial charge in [0.1, 0.15) is 16.6 Å². The number of likely N-dealkylation sites (N-methyl/N-ethyl adjacent to an activating group) is 1. The number of hydrogen-bond acceptors (Lipinski definition) is 7. The van der Waals surface area contributed by atoms with E-state index in [1.165, 1.54) is 12.3 Å². The Morgan fingerprint density at radius 2 is 1.90 bits per heavy atom. The van der Waals surface area contributed by atoms with Gasteiger partial charge in [0, 0.05) is 57.0 Å². The molecule has 1 aliphatic heterocycles. The SMILES string of the molecule is Cc1cn2cc(NC(=O)c3ccc(N(C)C4CCCN(C(=O)OC(C)(C)C)C4)c4nccnc34)cc(F)c2n1. The molecule has 0 bridgehead atoms. The van der Waals surface area contributed by atoms with Gasteiger partial charge < -0.3 is 24.3 Å². The van der Waals surface area contributed by atoms with Gasteiger partial charge in [0.25, 0.3) is 5.91 Å². The first-order valence-electron chi connectivity index (χ1n) is 12.9. The molecule has 10 nitrogen and oxygen atoms in total. The molecule has 39 heavy (non-hydrogen) atoms. The second-order valence-corrected chi connectivity index (χ2v) is 10.9. The Labute approximate surface area is 225 Å². The summed E-state index contributed by atoms with van der Waals surface area (Å²) in [6.07, 6.45) is 7.84. The lowest BCUT2D eigenvalue weighted by molar-refractivity contribution is 0.0199. The Morgan fingerprint density at radius 1 is 1.15 bits per heavy atom. The Hall–Kier alpha value is -4.28. The minimum Gasteiger partial charge on any atom is -0.444 e. The predicted molar refractivity (Wildman–Crippen MR) is 147 cm³/mol. The molecule has 3 aromatic heterocycles. The largest absolute Gasteiger partial charge is 0.444 e. The molecule has 0 aliphatic carbocycles. The smallest absolute Gasteiger partial charge is 0.410 e. The molecule has 1 fully saturated rings. The maximum Gasteiger partial charge on any atom is 0.410 e. The fourth-order valence-electron chi connectivity index (χ4n) is 4.92. The number of nitrogens with zero attached hydrogens (tertiary/aromatic N) is 6. The van der Waals surface area contributed by atoms with Crippen LogP contribution in [0.1, 0.15) is 49.7 Å². The summed E-state index contributed by atoms with van der Waals surface area (Å²) in [5.41, 5.74) is 2.71. The number of ether oxygens (including phenoxy) is 1. The third-order valence-corrected chi connectivity index (χ3v) is 6.71. The number of anilines is 2. The van der Waals surface area contributed by atoms with E-state index in [2.05, 4.69) is 25.2 Å². The molecule has 1 aromatic carbocycles. The maximum atomic E-state index is 14.5. The van der Waals surface area contributed by atoms with E-state index in [1.807, 2.05) is 33.9 Å². The first-order valence-corrected chi connectivity index (χ1v) is 12.9.